The van der Waals surface area contributed by atoms with E-state index in [0.29, 0.717) is 6.07 Å². The third kappa shape index (κ3) is 2.25. The number of aromatic nitrogens is 1. The predicted molar refractivity (Wildman–Crippen MR) is 67.5 cm³/mol. The normalized spacial score (nSPS) is 10.3. The van der Waals surface area contributed by atoms with Crippen LogP contribution in [0.25, 0.3) is 11.3 Å². The summed E-state index contributed by atoms with van der Waals surface area (Å²) in [5.41, 5.74) is 4.35. The first-order valence-corrected chi connectivity index (χ1v) is 5.48. The number of pyridine rings is 1. The summed E-state index contributed by atoms with van der Waals surface area (Å²) in [6.07, 6.45) is 0. The molecule has 5 nitrogen and oxygen atoms in total. The van der Waals surface area contributed by atoms with Gasteiger partial charge in [0.05, 0.1) is 12.7 Å². The van der Waals surface area contributed by atoms with Gasteiger partial charge in [-0.3, -0.25) is 0 Å². The van der Waals surface area contributed by atoms with Gasteiger partial charge in [-0.1, -0.05) is 6.07 Å². The molecule has 0 bridgehead atoms. The highest BCUT2D eigenvalue weighted by Gasteiger charge is 2.21. The third-order valence-electron chi connectivity index (χ3n) is 2.67. The predicted octanol–water partition coefficient (Wildman–Crippen LogP) is 2.32. The van der Waals surface area contributed by atoms with Crippen molar-refractivity contribution in [1.29, 1.82) is 0 Å². The second kappa shape index (κ2) is 5.12. The molecule has 1 aromatic heterocycles. The highest BCUT2D eigenvalue weighted by Crippen LogP contribution is 2.34. The maximum Gasteiger partial charge on any atom is 0.339 e. The van der Waals surface area contributed by atoms with Crippen LogP contribution in [0.15, 0.2) is 24.3 Å². The van der Waals surface area contributed by atoms with Crippen LogP contribution < -0.4 is 10.5 Å². The fraction of sp³-hybridized carbons (Fsp3) is 0.0769. The Labute approximate surface area is 112 Å². The lowest BCUT2D eigenvalue weighted by molar-refractivity contribution is 0.0697. The Hall–Kier alpha value is -2.70. The number of ether oxygens (including phenoxy) is 1. The van der Waals surface area contributed by atoms with Crippen molar-refractivity contribution in [2.24, 2.45) is 0 Å². The summed E-state index contributed by atoms with van der Waals surface area (Å²) in [6, 6.07) is 4.64. The van der Waals surface area contributed by atoms with E-state index in [1.165, 1.54) is 19.2 Å². The van der Waals surface area contributed by atoms with Crippen LogP contribution in [0.5, 0.6) is 5.75 Å². The minimum absolute atomic E-state index is 0.0684. The van der Waals surface area contributed by atoms with Crippen molar-refractivity contribution in [3.05, 3.63) is 41.5 Å². The van der Waals surface area contributed by atoms with E-state index in [0.717, 1.165) is 6.07 Å². The number of aromatic carboxylic acids is 1. The van der Waals surface area contributed by atoms with Crippen LogP contribution in [-0.4, -0.2) is 23.2 Å². The maximum atomic E-state index is 14.0. The fourth-order valence-corrected chi connectivity index (χ4v) is 1.75. The maximum absolute atomic E-state index is 14.0. The van der Waals surface area contributed by atoms with E-state index in [-0.39, 0.29) is 11.3 Å². The van der Waals surface area contributed by atoms with Gasteiger partial charge in [-0.05, 0) is 18.2 Å². The number of rotatable bonds is 3. The van der Waals surface area contributed by atoms with E-state index in [2.05, 4.69) is 4.98 Å². The van der Waals surface area contributed by atoms with E-state index < -0.39 is 34.7 Å². The van der Waals surface area contributed by atoms with Gasteiger partial charge >= 0.3 is 5.97 Å². The largest absolute Gasteiger partial charge is 0.496 e. The number of hydrogen-bond acceptors (Lipinski definition) is 4. The molecule has 0 unspecified atom stereocenters. The van der Waals surface area contributed by atoms with Crippen LogP contribution in [0, 0.1) is 11.6 Å². The zero-order valence-corrected chi connectivity index (χ0v) is 10.4. The van der Waals surface area contributed by atoms with Gasteiger partial charge in [0, 0.05) is 0 Å². The van der Waals surface area contributed by atoms with Crippen molar-refractivity contribution < 1.29 is 23.4 Å². The lowest BCUT2D eigenvalue weighted by Gasteiger charge is -2.11. The van der Waals surface area contributed by atoms with Gasteiger partial charge in [-0.15, -0.1) is 0 Å². The van der Waals surface area contributed by atoms with Crippen LogP contribution in [0.1, 0.15) is 10.4 Å². The Kier molecular flexibility index (Phi) is 3.51. The SMILES string of the molecule is COc1cccc(F)c1-c1nc(N)c(C(=O)O)cc1F. The van der Waals surface area contributed by atoms with Crippen LogP contribution in [0.4, 0.5) is 14.6 Å². The van der Waals surface area contributed by atoms with Crippen molar-refractivity contribution in [3.63, 3.8) is 0 Å². The molecule has 0 fully saturated rings. The second-order valence-corrected chi connectivity index (χ2v) is 3.87. The molecule has 1 aromatic carbocycles. The highest BCUT2D eigenvalue weighted by atomic mass is 19.1. The van der Waals surface area contributed by atoms with Gasteiger partial charge in [0.2, 0.25) is 0 Å². The second-order valence-electron chi connectivity index (χ2n) is 3.87. The van der Waals surface area contributed by atoms with Gasteiger partial charge in [0.1, 0.15) is 28.6 Å². The van der Waals surface area contributed by atoms with Crippen molar-refractivity contribution in [2.75, 3.05) is 12.8 Å². The standard InChI is InChI=1S/C13H10F2N2O3/c1-20-9-4-2-3-7(14)10(9)11-8(15)5-6(13(18)19)12(16)17-11/h2-5H,1H3,(H2,16,17)(H,18,19). The third-order valence-corrected chi connectivity index (χ3v) is 2.67. The molecule has 104 valence electrons. The van der Waals surface area contributed by atoms with Crippen molar-refractivity contribution >= 4 is 11.8 Å². The van der Waals surface area contributed by atoms with Crippen LogP contribution >= 0.6 is 0 Å². The molecule has 0 aliphatic heterocycles. The number of hydrogen-bond donors (Lipinski definition) is 2. The Morgan fingerprint density at radius 3 is 2.65 bits per heavy atom. The molecule has 0 amide bonds. The first-order chi connectivity index (χ1) is 9.45. The minimum atomic E-state index is -1.42. The number of halogens is 2. The summed E-state index contributed by atoms with van der Waals surface area (Å²) in [5, 5.41) is 8.82. The zero-order chi connectivity index (χ0) is 14.9. The number of anilines is 1. The quantitative estimate of drug-likeness (QED) is 0.901. The summed E-state index contributed by atoms with van der Waals surface area (Å²) < 4.78 is 32.8. The molecule has 3 N–H and O–H groups in total. The van der Waals surface area contributed by atoms with Gasteiger partial charge in [-0.2, -0.15) is 0 Å². The van der Waals surface area contributed by atoms with E-state index in [9.17, 15) is 13.6 Å². The summed E-state index contributed by atoms with van der Waals surface area (Å²) in [7, 11) is 1.30. The smallest absolute Gasteiger partial charge is 0.339 e. The Morgan fingerprint density at radius 1 is 1.35 bits per heavy atom. The summed E-state index contributed by atoms with van der Waals surface area (Å²) >= 11 is 0. The number of carbonyl (C=O) groups is 1. The van der Waals surface area contributed by atoms with Crippen molar-refractivity contribution in [1.82, 2.24) is 4.98 Å². The molecule has 0 spiro atoms. The van der Waals surface area contributed by atoms with Gasteiger partial charge in [0.15, 0.2) is 5.82 Å². The van der Waals surface area contributed by atoms with Gasteiger partial charge in [-0.25, -0.2) is 18.6 Å². The molecule has 7 heteroatoms. The van der Waals surface area contributed by atoms with E-state index in [1.54, 1.807) is 0 Å². The number of nitrogen functional groups attached to an aromatic ring is 1. The number of nitrogens with zero attached hydrogens (tertiary/aromatic N) is 1. The van der Waals surface area contributed by atoms with Crippen molar-refractivity contribution in [3.8, 4) is 17.0 Å². The highest BCUT2D eigenvalue weighted by molar-refractivity contribution is 5.93. The van der Waals surface area contributed by atoms with Crippen molar-refractivity contribution in [2.45, 2.75) is 0 Å². The van der Waals surface area contributed by atoms with E-state index in [4.69, 9.17) is 15.6 Å². The van der Waals surface area contributed by atoms with Gasteiger partial charge in [0.25, 0.3) is 0 Å². The minimum Gasteiger partial charge on any atom is -0.496 e. The molecule has 0 aliphatic rings. The average Bonchev–Trinajstić information content (AvgIpc) is 2.40. The molecule has 2 rings (SSSR count). The summed E-state index contributed by atoms with van der Waals surface area (Å²) in [5.74, 6) is -3.50. The molecular weight excluding hydrogens is 270 g/mol. The molecule has 0 saturated heterocycles. The van der Waals surface area contributed by atoms with E-state index in [1.807, 2.05) is 0 Å². The molecule has 0 atom stereocenters. The molecule has 0 saturated carbocycles. The zero-order valence-electron chi connectivity index (χ0n) is 10.4. The molecule has 1 heterocycles. The Balaban J connectivity index is 2.71. The molecule has 20 heavy (non-hydrogen) atoms. The number of benzene rings is 1. The number of carboxylic acid groups (broad SMARTS) is 1. The summed E-state index contributed by atoms with van der Waals surface area (Å²) in [4.78, 5) is 14.5. The fourth-order valence-electron chi connectivity index (χ4n) is 1.75. The lowest BCUT2D eigenvalue weighted by Crippen LogP contribution is -2.08. The first kappa shape index (κ1) is 13.7. The molecule has 2 aromatic rings. The monoisotopic (exact) mass is 280 g/mol. The molecule has 0 radical (unpaired) electrons. The molecular formula is C13H10F2N2O3. The lowest BCUT2D eigenvalue weighted by atomic mass is 10.1. The van der Waals surface area contributed by atoms with Crippen LogP contribution in [-0.2, 0) is 0 Å². The van der Waals surface area contributed by atoms with Crippen LogP contribution in [0.2, 0.25) is 0 Å². The Bertz CT molecular complexity index is 690. The first-order valence-electron chi connectivity index (χ1n) is 5.48. The average molecular weight is 280 g/mol. The van der Waals surface area contributed by atoms with Crippen LogP contribution in [0.3, 0.4) is 0 Å². The number of methoxy groups -OCH3 is 1. The van der Waals surface area contributed by atoms with E-state index >= 15 is 0 Å². The summed E-state index contributed by atoms with van der Waals surface area (Å²) in [6.45, 7) is 0. The van der Waals surface area contributed by atoms with Gasteiger partial charge < -0.3 is 15.6 Å². The Morgan fingerprint density at radius 2 is 2.05 bits per heavy atom. The molecule has 0 aliphatic carbocycles. The number of nitrogens with two attached hydrogens (primary N) is 1. The topological polar surface area (TPSA) is 85.4 Å². The number of carboxylic acids is 1.